The standard InChI is InChI=1S/C26H26Cl2N4O22S6.4K/c27-21-24-26(54-18-10-16(30-2-4-50-58(40,41)42)20(12-14(18)32-24)56(35,36)8-6-52-60(46,47)48)22(28)23-25(21)53-17-9-15(29-1-3-49-57(37,38)39)19(11-13(17)31-23)55(33,34)7-5-51-59(43,44)45;;;;/h9-12,29,31H,1-8H2,(H,37,38,39)(H,40,41,42)(H,43,44,45)(H,46,47,48);;;;/q;4*+1/p-4. The van der Waals surface area contributed by atoms with Crippen LogP contribution in [0, 0.1) is 0 Å². The first-order chi connectivity index (χ1) is 27.5. The molecule has 0 saturated heterocycles. The zero-order chi connectivity index (χ0) is 44.6. The molecule has 0 unspecified atom stereocenters. The Balaban J connectivity index is 0.00000512. The summed E-state index contributed by atoms with van der Waals surface area (Å²) in [6.07, 6.45) is 0. The van der Waals surface area contributed by atoms with Crippen molar-refractivity contribution >= 4 is 113 Å². The van der Waals surface area contributed by atoms with Crippen LogP contribution in [0.25, 0.3) is 22.6 Å². The minimum absolute atomic E-state index is 0. The van der Waals surface area contributed by atoms with Gasteiger partial charge in [0.25, 0.3) is 0 Å². The number of sulfone groups is 2. The Morgan fingerprint density at radius 3 is 1.73 bits per heavy atom. The molecule has 2 aliphatic heterocycles. The third-order valence-electron chi connectivity index (χ3n) is 7.38. The van der Waals surface area contributed by atoms with Gasteiger partial charge in [-0.25, -0.2) is 55.5 Å². The molecular formula is C26H22Cl2K4N4O22S6. The fourth-order valence-electron chi connectivity index (χ4n) is 5.07. The van der Waals surface area contributed by atoms with Crippen LogP contribution in [0.2, 0.25) is 10.0 Å². The third kappa shape index (κ3) is 18.8. The molecule has 0 saturated carbocycles. The summed E-state index contributed by atoms with van der Waals surface area (Å²) in [5.41, 5.74) is -1.48. The normalized spacial score (nSPS) is 13.2. The fourth-order valence-corrected chi connectivity index (χ4v) is 9.49. The van der Waals surface area contributed by atoms with Gasteiger partial charge in [-0.2, -0.15) is 0 Å². The maximum atomic E-state index is 13.3. The molecule has 3 aliphatic rings. The summed E-state index contributed by atoms with van der Waals surface area (Å²) < 4.78 is 212. The predicted molar refractivity (Wildman–Crippen MR) is 196 cm³/mol. The Labute approximate surface area is 545 Å². The molecule has 0 spiro atoms. The van der Waals surface area contributed by atoms with E-state index in [2.05, 4.69) is 37.3 Å². The average Bonchev–Trinajstić information content (AvgIpc) is 3.10. The van der Waals surface area contributed by atoms with Crippen molar-refractivity contribution in [3.05, 3.63) is 39.7 Å². The molecule has 0 radical (unpaired) electrons. The first-order valence-electron chi connectivity index (χ1n) is 15.6. The zero-order valence-corrected chi connectivity index (χ0v) is 52.0. The van der Waals surface area contributed by atoms with Crippen LogP contribution in [0.15, 0.2) is 43.5 Å². The maximum Gasteiger partial charge on any atom is 1.00 e. The maximum absolute atomic E-state index is 13.3. The van der Waals surface area contributed by atoms with Gasteiger partial charge in [-0.3, -0.25) is 21.7 Å². The van der Waals surface area contributed by atoms with Gasteiger partial charge in [0.2, 0.25) is 41.6 Å². The first-order valence-corrected chi connectivity index (χ1v) is 25.0. The molecule has 0 fully saturated rings. The molecular weight excluding hydrogens is 1140 g/mol. The molecule has 0 bridgehead atoms. The number of hydrogen-bond donors (Lipinski definition) is 2. The van der Waals surface area contributed by atoms with Crippen molar-refractivity contribution in [3.8, 4) is 23.0 Å². The van der Waals surface area contributed by atoms with Crippen molar-refractivity contribution in [2.24, 2.45) is 4.99 Å². The van der Waals surface area contributed by atoms with Gasteiger partial charge in [0.15, 0.2) is 42.5 Å². The molecule has 64 heavy (non-hydrogen) atoms. The largest absolute Gasteiger partial charge is 1.00 e. The fraction of sp³-hybridized carbons (Fsp3) is 0.308. The molecule has 2 N–H and O–H groups in total. The molecule has 5 rings (SSSR count). The van der Waals surface area contributed by atoms with Crippen molar-refractivity contribution in [2.45, 2.75) is 9.79 Å². The average molecular weight is 1160 g/mol. The number of benzene rings is 3. The monoisotopic (exact) mass is 1160 g/mol. The van der Waals surface area contributed by atoms with Crippen LogP contribution in [0.1, 0.15) is 0 Å². The molecule has 26 nitrogen and oxygen atoms in total. The topological polar surface area (TPSA) is 406 Å². The molecule has 0 amide bonds. The molecule has 2 aromatic carbocycles. The Bertz CT molecular complexity index is 3110. The number of halogens is 2. The molecule has 2 heterocycles. The third-order valence-corrected chi connectivity index (χ3v) is 13.3. The second kappa shape index (κ2) is 26.3. The smallest absolute Gasteiger partial charge is 0.726 e. The van der Waals surface area contributed by atoms with Crippen molar-refractivity contribution < 1.29 is 300 Å². The molecule has 38 heteroatoms. The summed E-state index contributed by atoms with van der Waals surface area (Å²) in [6, 6.07) is 3.90. The van der Waals surface area contributed by atoms with Gasteiger partial charge in [-0.1, -0.05) is 23.2 Å². The minimum Gasteiger partial charge on any atom is -0.726 e. The van der Waals surface area contributed by atoms with E-state index in [4.69, 9.17) is 32.4 Å². The van der Waals surface area contributed by atoms with Crippen LogP contribution in [0.4, 0.5) is 17.1 Å². The Kier molecular flexibility index (Phi) is 26.7. The Morgan fingerprint density at radius 1 is 0.672 bits per heavy atom. The summed E-state index contributed by atoms with van der Waals surface area (Å²) in [4.78, 5) is 7.00. The van der Waals surface area contributed by atoms with Crippen LogP contribution >= 0.6 is 23.2 Å². The van der Waals surface area contributed by atoms with Crippen LogP contribution in [0.5, 0.6) is 11.5 Å². The SMILES string of the molecule is O=S(=O)([O-])OCCN=c1cc2oc3c(Cl)c4c(c(Cl)c3nc-2cc1S(=O)(=O)CCOS(=O)(=O)[O-])Oc1cc(NCCOS(=O)(=O)[O-])c(S(=O)(=O)CCOS(=O)(=O)[O-])cc1N4.[K+].[K+].[K+].[K+]. The van der Waals surface area contributed by atoms with Crippen molar-refractivity contribution in [3.63, 3.8) is 0 Å². The molecule has 2 aromatic rings. The van der Waals surface area contributed by atoms with E-state index < -0.39 is 127 Å². The second-order valence-corrected chi connectivity index (χ2v) is 20.6. The summed E-state index contributed by atoms with van der Waals surface area (Å²) in [5.74, 6) is -2.89. The zero-order valence-electron chi connectivity index (χ0n) is 33.0. The minimum atomic E-state index is -5.30. The van der Waals surface area contributed by atoms with Crippen molar-refractivity contribution in [1.82, 2.24) is 4.98 Å². The van der Waals surface area contributed by atoms with Crippen LogP contribution in [-0.2, 0) is 78.0 Å². The number of ether oxygens (including phenoxy) is 1. The molecule has 1 aliphatic carbocycles. The van der Waals surface area contributed by atoms with E-state index in [-0.39, 0.29) is 267 Å². The van der Waals surface area contributed by atoms with E-state index in [1.165, 1.54) is 0 Å². The molecule has 0 aromatic heterocycles. The van der Waals surface area contributed by atoms with Gasteiger partial charge in [0.1, 0.15) is 26.9 Å². The van der Waals surface area contributed by atoms with Gasteiger partial charge in [0.05, 0.1) is 71.0 Å². The van der Waals surface area contributed by atoms with Gasteiger partial charge in [0, 0.05) is 18.7 Å². The number of hydrogen-bond acceptors (Lipinski definition) is 26. The quantitative estimate of drug-likeness (QED) is 0.0255. The van der Waals surface area contributed by atoms with E-state index >= 15 is 0 Å². The number of anilines is 3. The van der Waals surface area contributed by atoms with E-state index in [9.17, 15) is 68.7 Å². The van der Waals surface area contributed by atoms with E-state index in [0.717, 1.165) is 24.3 Å². The number of aromatic nitrogens is 1. The van der Waals surface area contributed by atoms with Crippen LogP contribution < -0.4 is 226 Å². The molecule has 332 valence electrons. The number of nitrogens with zero attached hydrogens (tertiary/aromatic N) is 2. The van der Waals surface area contributed by atoms with Crippen molar-refractivity contribution in [2.75, 3.05) is 61.7 Å². The van der Waals surface area contributed by atoms with Gasteiger partial charge < -0.3 is 38.0 Å². The Hall–Kier alpha value is 2.97. The summed E-state index contributed by atoms with van der Waals surface area (Å²) >= 11 is 13.4. The number of rotatable bonds is 19. The second-order valence-electron chi connectivity index (χ2n) is 11.5. The van der Waals surface area contributed by atoms with Crippen molar-refractivity contribution in [1.29, 1.82) is 0 Å². The molecule has 0 atom stereocenters. The number of nitrogens with one attached hydrogen (secondary N) is 2. The summed E-state index contributed by atoms with van der Waals surface area (Å²) in [5, 5.41) is 4.19. The van der Waals surface area contributed by atoms with Gasteiger partial charge >= 0.3 is 206 Å². The summed E-state index contributed by atoms with van der Waals surface area (Å²) in [6.45, 7) is -4.99. The van der Waals surface area contributed by atoms with E-state index in [1.807, 2.05) is 0 Å². The van der Waals surface area contributed by atoms with E-state index in [1.54, 1.807) is 0 Å². The predicted octanol–water partition coefficient (Wildman–Crippen LogP) is -12.1. The van der Waals surface area contributed by atoms with E-state index in [0.29, 0.717) is 0 Å². The summed E-state index contributed by atoms with van der Waals surface area (Å²) in [7, 11) is -30.1. The Morgan fingerprint density at radius 2 is 1.19 bits per heavy atom. The number of fused-ring (bicyclic) bond motifs is 4. The first kappa shape index (κ1) is 65.0. The van der Waals surface area contributed by atoms with Crippen LogP contribution in [0.3, 0.4) is 0 Å². The van der Waals surface area contributed by atoms with Gasteiger partial charge in [-0.05, 0) is 12.1 Å². The van der Waals surface area contributed by atoms with Gasteiger partial charge in [-0.15, -0.1) is 0 Å². The van der Waals surface area contributed by atoms with Crippen LogP contribution in [-0.4, -0.2) is 125 Å².